The van der Waals surface area contributed by atoms with Crippen LogP contribution in [0.15, 0.2) is 24.3 Å². The predicted octanol–water partition coefficient (Wildman–Crippen LogP) is 2.82. The Bertz CT molecular complexity index is 673. The van der Waals surface area contributed by atoms with Crippen LogP contribution in [0.3, 0.4) is 0 Å². The van der Waals surface area contributed by atoms with Crippen LogP contribution in [-0.2, 0) is 9.59 Å². The molecule has 1 heterocycles. The molecule has 1 N–H and O–H groups in total. The highest BCUT2D eigenvalue weighted by Gasteiger charge is 2.27. The van der Waals surface area contributed by atoms with E-state index in [0.29, 0.717) is 25.4 Å². The number of hydrogen-bond acceptors (Lipinski definition) is 4. The summed E-state index contributed by atoms with van der Waals surface area (Å²) in [5, 5.41) is 2.84. The fraction of sp³-hybridized carbons (Fsp3) is 0.636. The lowest BCUT2D eigenvalue weighted by Gasteiger charge is -2.41. The molecule has 1 aromatic carbocycles. The maximum Gasteiger partial charge on any atom is 0.242 e. The van der Waals surface area contributed by atoms with Gasteiger partial charge in [0.1, 0.15) is 5.75 Å². The Balaban J connectivity index is 1.45. The van der Waals surface area contributed by atoms with Gasteiger partial charge in [0, 0.05) is 43.9 Å². The second-order valence-corrected chi connectivity index (χ2v) is 8.07. The van der Waals surface area contributed by atoms with Crippen LogP contribution >= 0.6 is 0 Å². The van der Waals surface area contributed by atoms with Crippen molar-refractivity contribution in [1.82, 2.24) is 10.2 Å². The van der Waals surface area contributed by atoms with Gasteiger partial charge in [-0.3, -0.25) is 9.59 Å². The first-order valence-electron chi connectivity index (χ1n) is 10.5. The first kappa shape index (κ1) is 20.5. The molecule has 6 nitrogen and oxygen atoms in total. The minimum Gasteiger partial charge on any atom is -0.497 e. The molecule has 2 amide bonds. The molecule has 6 heteroatoms. The van der Waals surface area contributed by atoms with Gasteiger partial charge in [-0.05, 0) is 37.8 Å². The fourth-order valence-corrected chi connectivity index (χ4v) is 4.37. The maximum atomic E-state index is 12.6. The Morgan fingerprint density at radius 1 is 1.18 bits per heavy atom. The number of carbonyl (C=O) groups excluding carboxylic acids is 2. The SMILES string of the molecule is COc1cccc(N2CCN(C(=O)CNC(=O)CC3CCCCC3)C[C@H]2C)c1. The van der Waals surface area contributed by atoms with Crippen LogP contribution in [0.1, 0.15) is 45.4 Å². The Morgan fingerprint density at radius 2 is 1.96 bits per heavy atom. The molecule has 0 aromatic heterocycles. The zero-order valence-electron chi connectivity index (χ0n) is 17.2. The van der Waals surface area contributed by atoms with Crippen LogP contribution < -0.4 is 15.0 Å². The van der Waals surface area contributed by atoms with Crippen LogP contribution in [0.5, 0.6) is 5.75 Å². The molecule has 1 atom stereocenters. The largest absolute Gasteiger partial charge is 0.497 e. The highest BCUT2D eigenvalue weighted by Crippen LogP contribution is 2.26. The molecule has 1 aliphatic heterocycles. The number of carbonyl (C=O) groups is 2. The summed E-state index contributed by atoms with van der Waals surface area (Å²) in [6.45, 7) is 4.33. The molecular formula is C22H33N3O3. The molecular weight excluding hydrogens is 354 g/mol. The van der Waals surface area contributed by atoms with E-state index >= 15 is 0 Å². The molecule has 0 unspecified atom stereocenters. The molecule has 1 aromatic rings. The summed E-state index contributed by atoms with van der Waals surface area (Å²) in [6, 6.07) is 8.23. The summed E-state index contributed by atoms with van der Waals surface area (Å²) >= 11 is 0. The van der Waals surface area contributed by atoms with Crippen LogP contribution in [-0.4, -0.2) is 56.0 Å². The van der Waals surface area contributed by atoms with Gasteiger partial charge in [0.25, 0.3) is 0 Å². The van der Waals surface area contributed by atoms with Crippen LogP contribution in [0.25, 0.3) is 0 Å². The predicted molar refractivity (Wildman–Crippen MR) is 111 cm³/mol. The fourth-order valence-electron chi connectivity index (χ4n) is 4.37. The van der Waals surface area contributed by atoms with Gasteiger partial charge in [-0.25, -0.2) is 0 Å². The number of piperazine rings is 1. The van der Waals surface area contributed by atoms with Crippen molar-refractivity contribution < 1.29 is 14.3 Å². The van der Waals surface area contributed by atoms with E-state index in [0.717, 1.165) is 30.8 Å². The zero-order valence-corrected chi connectivity index (χ0v) is 17.2. The number of nitrogens with one attached hydrogen (secondary N) is 1. The molecule has 154 valence electrons. The molecule has 1 saturated heterocycles. The highest BCUT2D eigenvalue weighted by molar-refractivity contribution is 5.85. The Kier molecular flexibility index (Phi) is 7.18. The number of amides is 2. The maximum absolute atomic E-state index is 12.6. The van der Waals surface area contributed by atoms with E-state index in [1.165, 1.54) is 19.3 Å². The molecule has 2 fully saturated rings. The summed E-state index contributed by atoms with van der Waals surface area (Å²) in [6.07, 6.45) is 6.60. The summed E-state index contributed by atoms with van der Waals surface area (Å²) in [7, 11) is 1.67. The normalized spacial score (nSPS) is 20.7. The number of ether oxygens (including phenoxy) is 1. The van der Waals surface area contributed by atoms with Gasteiger partial charge in [0.05, 0.1) is 13.7 Å². The summed E-state index contributed by atoms with van der Waals surface area (Å²) in [4.78, 5) is 28.9. The summed E-state index contributed by atoms with van der Waals surface area (Å²) < 4.78 is 5.32. The average molecular weight is 388 g/mol. The first-order chi connectivity index (χ1) is 13.6. The van der Waals surface area contributed by atoms with Gasteiger partial charge in [0.15, 0.2) is 0 Å². The van der Waals surface area contributed by atoms with Crippen molar-refractivity contribution in [2.75, 3.05) is 38.2 Å². The number of benzene rings is 1. The molecule has 2 aliphatic rings. The van der Waals surface area contributed by atoms with E-state index in [4.69, 9.17) is 4.74 Å². The minimum absolute atomic E-state index is 0.00846. The number of anilines is 1. The lowest BCUT2D eigenvalue weighted by atomic mass is 9.87. The molecule has 3 rings (SSSR count). The molecule has 1 aliphatic carbocycles. The molecule has 0 bridgehead atoms. The zero-order chi connectivity index (χ0) is 19.9. The first-order valence-corrected chi connectivity index (χ1v) is 10.5. The highest BCUT2D eigenvalue weighted by atomic mass is 16.5. The van der Waals surface area contributed by atoms with E-state index < -0.39 is 0 Å². The van der Waals surface area contributed by atoms with E-state index in [-0.39, 0.29) is 24.4 Å². The van der Waals surface area contributed by atoms with E-state index in [1.54, 1.807) is 7.11 Å². The smallest absolute Gasteiger partial charge is 0.242 e. The topological polar surface area (TPSA) is 61.9 Å². The third kappa shape index (κ3) is 5.40. The number of methoxy groups -OCH3 is 1. The Morgan fingerprint density at radius 3 is 2.68 bits per heavy atom. The Labute approximate surface area is 168 Å². The van der Waals surface area contributed by atoms with Crippen molar-refractivity contribution in [1.29, 1.82) is 0 Å². The van der Waals surface area contributed by atoms with E-state index in [1.807, 2.05) is 23.1 Å². The molecule has 28 heavy (non-hydrogen) atoms. The van der Waals surface area contributed by atoms with Crippen molar-refractivity contribution in [3.63, 3.8) is 0 Å². The van der Waals surface area contributed by atoms with E-state index in [9.17, 15) is 9.59 Å². The Hall–Kier alpha value is -2.24. The van der Waals surface area contributed by atoms with Crippen LogP contribution in [0.2, 0.25) is 0 Å². The van der Waals surface area contributed by atoms with Gasteiger partial charge in [0.2, 0.25) is 11.8 Å². The van der Waals surface area contributed by atoms with Crippen molar-refractivity contribution in [3.8, 4) is 5.75 Å². The molecule has 0 spiro atoms. The van der Waals surface area contributed by atoms with Crippen molar-refractivity contribution in [3.05, 3.63) is 24.3 Å². The second-order valence-electron chi connectivity index (χ2n) is 8.07. The van der Waals surface area contributed by atoms with Gasteiger partial charge < -0.3 is 19.9 Å². The van der Waals surface area contributed by atoms with Crippen LogP contribution in [0.4, 0.5) is 5.69 Å². The third-order valence-electron chi connectivity index (χ3n) is 6.00. The van der Waals surface area contributed by atoms with Gasteiger partial charge in [-0.1, -0.05) is 25.3 Å². The van der Waals surface area contributed by atoms with E-state index in [2.05, 4.69) is 23.2 Å². The molecule has 1 saturated carbocycles. The van der Waals surface area contributed by atoms with Crippen molar-refractivity contribution >= 4 is 17.5 Å². The van der Waals surface area contributed by atoms with Gasteiger partial charge in [-0.2, -0.15) is 0 Å². The lowest BCUT2D eigenvalue weighted by molar-refractivity contribution is -0.133. The van der Waals surface area contributed by atoms with Crippen molar-refractivity contribution in [2.45, 2.75) is 51.5 Å². The van der Waals surface area contributed by atoms with Gasteiger partial charge >= 0.3 is 0 Å². The van der Waals surface area contributed by atoms with Gasteiger partial charge in [-0.15, -0.1) is 0 Å². The second kappa shape index (κ2) is 9.80. The number of nitrogens with zero attached hydrogens (tertiary/aromatic N) is 2. The molecule has 0 radical (unpaired) electrons. The average Bonchev–Trinajstić information content (AvgIpc) is 2.72. The monoisotopic (exact) mass is 387 g/mol. The number of rotatable bonds is 6. The third-order valence-corrected chi connectivity index (χ3v) is 6.00. The van der Waals surface area contributed by atoms with Crippen LogP contribution in [0, 0.1) is 5.92 Å². The van der Waals surface area contributed by atoms with Crippen molar-refractivity contribution in [2.24, 2.45) is 5.92 Å². The summed E-state index contributed by atoms with van der Waals surface area (Å²) in [5.41, 5.74) is 1.11. The number of hydrogen-bond donors (Lipinski definition) is 1. The quantitative estimate of drug-likeness (QED) is 0.815. The standard InChI is InChI=1S/C22H33N3O3/c1-17-16-24(11-12-25(17)19-9-6-10-20(14-19)28-2)22(27)15-23-21(26)13-18-7-4-3-5-8-18/h6,9-10,14,17-18H,3-5,7-8,11-13,15-16H2,1-2H3,(H,23,26)/t17-/m1/s1. The summed E-state index contributed by atoms with van der Waals surface area (Å²) in [5.74, 6) is 1.36. The minimum atomic E-state index is 0.00846. The lowest BCUT2D eigenvalue weighted by Crippen LogP contribution is -2.55.